The van der Waals surface area contributed by atoms with E-state index in [1.807, 2.05) is 36.5 Å². The van der Waals surface area contributed by atoms with Crippen molar-refractivity contribution in [3.05, 3.63) is 48.7 Å². The third-order valence-electron chi connectivity index (χ3n) is 3.94. The second-order valence-corrected chi connectivity index (χ2v) is 5.61. The number of nitrogens with zero attached hydrogens (tertiary/aromatic N) is 3. The highest BCUT2D eigenvalue weighted by Gasteiger charge is 2.15. The number of benzene rings is 1. The highest BCUT2D eigenvalue weighted by atomic mass is 16.5. The lowest BCUT2D eigenvalue weighted by Gasteiger charge is -2.30. The molecule has 1 aromatic carbocycles. The van der Waals surface area contributed by atoms with Crippen molar-refractivity contribution in [2.24, 2.45) is 4.99 Å². The number of hydrogen-bond acceptors (Lipinski definition) is 3. The van der Waals surface area contributed by atoms with Crippen LogP contribution in [-0.4, -0.2) is 42.0 Å². The molecule has 4 nitrogen and oxygen atoms in total. The molecule has 1 aromatic heterocycles. The number of pyridine rings is 1. The lowest BCUT2D eigenvalue weighted by atomic mass is 10.1. The zero-order valence-corrected chi connectivity index (χ0v) is 13.6. The maximum atomic E-state index is 5.46. The van der Waals surface area contributed by atoms with Gasteiger partial charge in [-0.1, -0.05) is 31.2 Å². The van der Waals surface area contributed by atoms with E-state index in [0.717, 1.165) is 61.9 Å². The van der Waals surface area contributed by atoms with E-state index in [-0.39, 0.29) is 0 Å². The first-order valence-electron chi connectivity index (χ1n) is 8.29. The van der Waals surface area contributed by atoms with Gasteiger partial charge in [0.25, 0.3) is 0 Å². The fourth-order valence-corrected chi connectivity index (χ4v) is 2.78. The predicted molar refractivity (Wildman–Crippen MR) is 94.1 cm³/mol. The van der Waals surface area contributed by atoms with Crippen molar-refractivity contribution in [2.75, 3.05) is 26.3 Å². The second-order valence-electron chi connectivity index (χ2n) is 5.61. The van der Waals surface area contributed by atoms with Crippen molar-refractivity contribution >= 4 is 11.5 Å². The van der Waals surface area contributed by atoms with Gasteiger partial charge in [-0.05, 0) is 24.6 Å². The number of hydrogen-bond donors (Lipinski definition) is 0. The minimum Gasteiger partial charge on any atom is -0.378 e. The maximum absolute atomic E-state index is 5.46. The molecule has 23 heavy (non-hydrogen) atoms. The average molecular weight is 309 g/mol. The van der Waals surface area contributed by atoms with Crippen LogP contribution in [0.2, 0.25) is 0 Å². The predicted octanol–water partition coefficient (Wildman–Crippen LogP) is 3.91. The summed E-state index contributed by atoms with van der Waals surface area (Å²) in [4.78, 5) is 11.8. The van der Waals surface area contributed by atoms with E-state index >= 15 is 0 Å². The zero-order chi connectivity index (χ0) is 15.9. The molecule has 0 amide bonds. The van der Waals surface area contributed by atoms with Crippen LogP contribution < -0.4 is 0 Å². The summed E-state index contributed by atoms with van der Waals surface area (Å²) in [5.41, 5.74) is 3.03. The molecule has 3 rings (SSSR count). The molecule has 2 heterocycles. The van der Waals surface area contributed by atoms with Crippen LogP contribution in [-0.2, 0) is 4.74 Å². The third-order valence-corrected chi connectivity index (χ3v) is 3.94. The molecular formula is C19H23N3O. The standard InChI is InChI=1S/C19H23N3O/c1-2-7-19(22-12-14-23-15-13-22)21-18-10-4-3-8-16(18)17-9-5-6-11-20-17/h3-6,8-11H,2,7,12-15H2,1H3. The molecule has 0 unspecified atom stereocenters. The molecule has 1 aliphatic heterocycles. The van der Waals surface area contributed by atoms with Crippen molar-refractivity contribution in [2.45, 2.75) is 19.8 Å². The molecule has 4 heteroatoms. The van der Waals surface area contributed by atoms with Gasteiger partial charge < -0.3 is 9.64 Å². The second kappa shape index (κ2) is 7.88. The molecule has 0 bridgehead atoms. The summed E-state index contributed by atoms with van der Waals surface area (Å²) in [5.74, 6) is 1.15. The van der Waals surface area contributed by atoms with E-state index in [1.54, 1.807) is 0 Å². The van der Waals surface area contributed by atoms with E-state index in [9.17, 15) is 0 Å². The Hall–Kier alpha value is -2.20. The van der Waals surface area contributed by atoms with Crippen molar-refractivity contribution in [1.29, 1.82) is 0 Å². The highest BCUT2D eigenvalue weighted by molar-refractivity contribution is 5.87. The Labute approximate surface area is 137 Å². The molecular weight excluding hydrogens is 286 g/mol. The summed E-state index contributed by atoms with van der Waals surface area (Å²) in [5, 5.41) is 0. The summed E-state index contributed by atoms with van der Waals surface area (Å²) in [6.45, 7) is 5.60. The Morgan fingerprint density at radius 3 is 2.65 bits per heavy atom. The lowest BCUT2D eigenvalue weighted by molar-refractivity contribution is 0.0672. The SMILES string of the molecule is CCCC(=Nc1ccccc1-c1ccccn1)N1CCOCC1. The summed E-state index contributed by atoms with van der Waals surface area (Å²) < 4.78 is 5.46. The molecule has 1 fully saturated rings. The van der Waals surface area contributed by atoms with Crippen LogP contribution in [0.1, 0.15) is 19.8 Å². The molecule has 1 saturated heterocycles. The topological polar surface area (TPSA) is 37.7 Å². The third kappa shape index (κ3) is 3.96. The number of ether oxygens (including phenoxy) is 1. The smallest absolute Gasteiger partial charge is 0.105 e. The molecule has 120 valence electrons. The first kappa shape index (κ1) is 15.7. The van der Waals surface area contributed by atoms with Crippen molar-refractivity contribution in [3.8, 4) is 11.3 Å². The van der Waals surface area contributed by atoms with Crippen molar-refractivity contribution in [3.63, 3.8) is 0 Å². The summed E-state index contributed by atoms with van der Waals surface area (Å²) in [6, 6.07) is 14.2. The van der Waals surface area contributed by atoms with Crippen LogP contribution in [0, 0.1) is 0 Å². The molecule has 0 aliphatic carbocycles. The fourth-order valence-electron chi connectivity index (χ4n) is 2.78. The van der Waals surface area contributed by atoms with Crippen LogP contribution in [0.3, 0.4) is 0 Å². The number of aromatic nitrogens is 1. The Morgan fingerprint density at radius 2 is 1.91 bits per heavy atom. The number of rotatable bonds is 4. The molecule has 0 spiro atoms. The molecule has 0 atom stereocenters. The first-order chi connectivity index (χ1) is 11.4. The Balaban J connectivity index is 1.95. The number of para-hydroxylation sites is 1. The average Bonchev–Trinajstić information content (AvgIpc) is 2.63. The molecule has 1 aliphatic rings. The summed E-state index contributed by atoms with van der Waals surface area (Å²) in [7, 11) is 0. The minimum atomic E-state index is 0.782. The lowest BCUT2D eigenvalue weighted by Crippen LogP contribution is -2.40. The van der Waals surface area contributed by atoms with Gasteiger partial charge in [0.15, 0.2) is 0 Å². The Bertz CT molecular complexity index is 649. The van der Waals surface area contributed by atoms with Crippen LogP contribution >= 0.6 is 0 Å². The van der Waals surface area contributed by atoms with E-state index < -0.39 is 0 Å². The highest BCUT2D eigenvalue weighted by Crippen LogP contribution is 2.29. The van der Waals surface area contributed by atoms with Gasteiger partial charge >= 0.3 is 0 Å². The largest absolute Gasteiger partial charge is 0.378 e. The number of amidine groups is 1. The minimum absolute atomic E-state index is 0.782. The van der Waals surface area contributed by atoms with Gasteiger partial charge in [-0.15, -0.1) is 0 Å². The van der Waals surface area contributed by atoms with Gasteiger partial charge in [0.2, 0.25) is 0 Å². The van der Waals surface area contributed by atoms with Crippen molar-refractivity contribution in [1.82, 2.24) is 9.88 Å². The van der Waals surface area contributed by atoms with Gasteiger partial charge in [0.1, 0.15) is 5.84 Å². The Morgan fingerprint density at radius 1 is 1.13 bits per heavy atom. The van der Waals surface area contributed by atoms with E-state index in [4.69, 9.17) is 9.73 Å². The fraction of sp³-hybridized carbons (Fsp3) is 0.368. The molecule has 0 saturated carbocycles. The molecule has 2 aromatic rings. The summed E-state index contributed by atoms with van der Waals surface area (Å²) >= 11 is 0. The van der Waals surface area contributed by atoms with E-state index in [0.29, 0.717) is 0 Å². The quantitative estimate of drug-likeness (QED) is 0.635. The van der Waals surface area contributed by atoms with Gasteiger partial charge in [-0.25, -0.2) is 4.99 Å². The van der Waals surface area contributed by atoms with Gasteiger partial charge in [-0.2, -0.15) is 0 Å². The van der Waals surface area contributed by atoms with Crippen LogP contribution in [0.15, 0.2) is 53.7 Å². The monoisotopic (exact) mass is 309 g/mol. The Kier molecular flexibility index (Phi) is 5.37. The van der Waals surface area contributed by atoms with Crippen LogP contribution in [0.5, 0.6) is 0 Å². The zero-order valence-electron chi connectivity index (χ0n) is 13.6. The van der Waals surface area contributed by atoms with E-state index in [2.05, 4.69) is 28.9 Å². The van der Waals surface area contributed by atoms with Crippen LogP contribution in [0.25, 0.3) is 11.3 Å². The maximum Gasteiger partial charge on any atom is 0.105 e. The molecule has 0 N–H and O–H groups in total. The van der Waals surface area contributed by atoms with Crippen molar-refractivity contribution < 1.29 is 4.74 Å². The van der Waals surface area contributed by atoms with Gasteiger partial charge in [0, 0.05) is 31.3 Å². The normalized spacial score (nSPS) is 15.7. The first-order valence-corrected chi connectivity index (χ1v) is 8.29. The van der Waals surface area contributed by atoms with Gasteiger partial charge in [-0.3, -0.25) is 4.98 Å². The van der Waals surface area contributed by atoms with Gasteiger partial charge in [0.05, 0.1) is 24.6 Å². The van der Waals surface area contributed by atoms with E-state index in [1.165, 1.54) is 0 Å². The molecule has 0 radical (unpaired) electrons. The van der Waals surface area contributed by atoms with Crippen LogP contribution in [0.4, 0.5) is 5.69 Å². The number of aliphatic imine (C=N–C) groups is 1. The number of morpholine rings is 1. The summed E-state index contributed by atoms with van der Waals surface area (Å²) in [6.07, 6.45) is 3.89.